The lowest BCUT2D eigenvalue weighted by Crippen LogP contribution is -2.52. The van der Waals surface area contributed by atoms with Gasteiger partial charge in [0.05, 0.1) is 0 Å². The maximum atomic E-state index is 4.53. The molecular weight excluding hydrogens is 280 g/mol. The van der Waals surface area contributed by atoms with E-state index in [4.69, 9.17) is 0 Å². The monoisotopic (exact) mass is 302 g/mol. The summed E-state index contributed by atoms with van der Waals surface area (Å²) >= 11 is 1.52. The molecule has 0 bridgehead atoms. The molecule has 0 saturated carbocycles. The third-order valence-corrected chi connectivity index (χ3v) is 4.96. The van der Waals surface area contributed by atoms with Gasteiger partial charge in [0.1, 0.15) is 5.82 Å². The Morgan fingerprint density at radius 1 is 1.24 bits per heavy atom. The van der Waals surface area contributed by atoms with Crippen LogP contribution in [-0.2, 0) is 6.54 Å². The Labute approximate surface area is 130 Å². The predicted octanol–water partition coefficient (Wildman–Crippen LogP) is 2.95. The van der Waals surface area contributed by atoms with E-state index in [-0.39, 0.29) is 0 Å². The molecule has 2 heterocycles. The lowest BCUT2D eigenvalue weighted by Gasteiger charge is -2.41. The van der Waals surface area contributed by atoms with E-state index in [1.807, 2.05) is 6.92 Å². The molecule has 112 valence electrons. The highest BCUT2D eigenvalue weighted by molar-refractivity contribution is 7.09. The van der Waals surface area contributed by atoms with Gasteiger partial charge in [-0.1, -0.05) is 37.3 Å². The molecule has 3 rings (SSSR count). The first-order chi connectivity index (χ1) is 10.3. The average molecular weight is 302 g/mol. The first-order valence-electron chi connectivity index (χ1n) is 7.59. The predicted molar refractivity (Wildman–Crippen MR) is 87.8 cm³/mol. The maximum Gasteiger partial charge on any atom is 0.205 e. The molecular formula is C16H22N4S. The molecule has 1 aromatic heterocycles. The Hall–Kier alpha value is -1.46. The molecule has 0 N–H and O–H groups in total. The molecule has 1 aromatic carbocycles. The zero-order valence-corrected chi connectivity index (χ0v) is 13.5. The van der Waals surface area contributed by atoms with Gasteiger partial charge >= 0.3 is 0 Å². The smallest absolute Gasteiger partial charge is 0.205 e. The molecule has 21 heavy (non-hydrogen) atoms. The molecule has 0 amide bonds. The van der Waals surface area contributed by atoms with Crippen molar-refractivity contribution in [2.24, 2.45) is 0 Å². The summed E-state index contributed by atoms with van der Waals surface area (Å²) in [6.07, 6.45) is 1.17. The van der Waals surface area contributed by atoms with Gasteiger partial charge in [0.2, 0.25) is 5.13 Å². The number of piperazine rings is 1. The number of aromatic nitrogens is 2. The van der Waals surface area contributed by atoms with Crippen molar-refractivity contribution in [3.05, 3.63) is 41.7 Å². The maximum absolute atomic E-state index is 4.53. The summed E-state index contributed by atoms with van der Waals surface area (Å²) in [5.74, 6) is 0.884. The van der Waals surface area contributed by atoms with Crippen LogP contribution in [0.25, 0.3) is 0 Å². The normalized spacial score (nSPS) is 19.9. The molecule has 1 atom stereocenters. The Morgan fingerprint density at radius 3 is 2.71 bits per heavy atom. The number of hydrogen-bond acceptors (Lipinski definition) is 5. The van der Waals surface area contributed by atoms with E-state index >= 15 is 0 Å². The van der Waals surface area contributed by atoms with Crippen molar-refractivity contribution in [3.8, 4) is 0 Å². The summed E-state index contributed by atoms with van der Waals surface area (Å²) in [5.41, 5.74) is 1.40. The molecule has 1 saturated heterocycles. The number of rotatable bonds is 4. The van der Waals surface area contributed by atoms with E-state index in [9.17, 15) is 0 Å². The lowest BCUT2D eigenvalue weighted by atomic mass is 10.1. The van der Waals surface area contributed by atoms with E-state index in [1.165, 1.54) is 23.5 Å². The second-order valence-electron chi connectivity index (χ2n) is 5.59. The van der Waals surface area contributed by atoms with Crippen molar-refractivity contribution in [2.45, 2.75) is 32.9 Å². The summed E-state index contributed by atoms with van der Waals surface area (Å²) in [6.45, 7) is 8.46. The molecule has 2 aromatic rings. The van der Waals surface area contributed by atoms with Crippen LogP contribution in [0.15, 0.2) is 30.3 Å². The highest BCUT2D eigenvalue weighted by atomic mass is 32.1. The van der Waals surface area contributed by atoms with Crippen LogP contribution in [0.2, 0.25) is 0 Å². The van der Waals surface area contributed by atoms with Gasteiger partial charge in [0.15, 0.2) is 0 Å². The van der Waals surface area contributed by atoms with Crippen LogP contribution in [0, 0.1) is 6.92 Å². The zero-order valence-electron chi connectivity index (χ0n) is 12.7. The summed E-state index contributed by atoms with van der Waals surface area (Å²) in [7, 11) is 0. The molecule has 1 aliphatic rings. The quantitative estimate of drug-likeness (QED) is 0.869. The van der Waals surface area contributed by atoms with Crippen molar-refractivity contribution in [3.63, 3.8) is 0 Å². The van der Waals surface area contributed by atoms with Crippen molar-refractivity contribution >= 4 is 16.7 Å². The van der Waals surface area contributed by atoms with Crippen LogP contribution >= 0.6 is 11.5 Å². The summed E-state index contributed by atoms with van der Waals surface area (Å²) in [6, 6.07) is 11.3. The number of aryl methyl sites for hydroxylation is 1. The van der Waals surface area contributed by atoms with Crippen LogP contribution in [0.5, 0.6) is 0 Å². The van der Waals surface area contributed by atoms with E-state index in [0.717, 1.165) is 37.1 Å². The minimum atomic E-state index is 0.586. The second-order valence-corrected chi connectivity index (χ2v) is 6.32. The van der Waals surface area contributed by atoms with Crippen LogP contribution in [-0.4, -0.2) is 39.9 Å². The highest BCUT2D eigenvalue weighted by Crippen LogP contribution is 2.23. The van der Waals surface area contributed by atoms with Crippen LogP contribution < -0.4 is 4.90 Å². The van der Waals surface area contributed by atoms with Crippen molar-refractivity contribution in [1.82, 2.24) is 14.3 Å². The fourth-order valence-electron chi connectivity index (χ4n) is 2.89. The summed E-state index contributed by atoms with van der Waals surface area (Å²) in [4.78, 5) is 9.51. The van der Waals surface area contributed by atoms with Gasteiger partial charge in [-0.25, -0.2) is 4.98 Å². The third-order valence-electron chi connectivity index (χ3n) is 4.09. The SMILES string of the molecule is CCC1CN(c2nc(C)ns2)CCN1Cc1ccccc1. The topological polar surface area (TPSA) is 32.3 Å². The zero-order chi connectivity index (χ0) is 14.7. The standard InChI is InChI=1S/C16H22N4S/c1-3-15-12-20(16-17-13(2)18-21-16)10-9-19(15)11-14-7-5-4-6-8-14/h4-8,15H,3,9-12H2,1-2H3. The minimum Gasteiger partial charge on any atom is -0.344 e. The lowest BCUT2D eigenvalue weighted by molar-refractivity contribution is 0.164. The van der Waals surface area contributed by atoms with Gasteiger partial charge in [-0.3, -0.25) is 4.90 Å². The van der Waals surface area contributed by atoms with E-state index < -0.39 is 0 Å². The van der Waals surface area contributed by atoms with Crippen LogP contribution in [0.4, 0.5) is 5.13 Å². The van der Waals surface area contributed by atoms with Crippen molar-refractivity contribution < 1.29 is 0 Å². The minimum absolute atomic E-state index is 0.586. The number of anilines is 1. The first-order valence-corrected chi connectivity index (χ1v) is 8.37. The van der Waals surface area contributed by atoms with Crippen LogP contribution in [0.3, 0.4) is 0 Å². The molecule has 1 aliphatic heterocycles. The Kier molecular flexibility index (Phi) is 4.51. The van der Waals surface area contributed by atoms with Gasteiger partial charge < -0.3 is 4.90 Å². The third kappa shape index (κ3) is 3.41. The fraction of sp³-hybridized carbons (Fsp3) is 0.500. The van der Waals surface area contributed by atoms with Crippen LogP contribution in [0.1, 0.15) is 24.7 Å². The Balaban J connectivity index is 1.66. The van der Waals surface area contributed by atoms with Crippen molar-refractivity contribution in [2.75, 3.05) is 24.5 Å². The number of hydrogen-bond donors (Lipinski definition) is 0. The largest absolute Gasteiger partial charge is 0.344 e. The van der Waals surface area contributed by atoms with Gasteiger partial charge in [-0.05, 0) is 18.9 Å². The molecule has 1 unspecified atom stereocenters. The van der Waals surface area contributed by atoms with E-state index in [0.29, 0.717) is 6.04 Å². The molecule has 1 fully saturated rings. The summed E-state index contributed by atoms with van der Waals surface area (Å²) in [5, 5.41) is 1.07. The second kappa shape index (κ2) is 6.54. The van der Waals surface area contributed by atoms with E-state index in [2.05, 4.69) is 56.4 Å². The van der Waals surface area contributed by atoms with E-state index in [1.54, 1.807) is 0 Å². The highest BCUT2D eigenvalue weighted by Gasteiger charge is 2.27. The molecule has 0 radical (unpaired) electrons. The number of nitrogens with zero attached hydrogens (tertiary/aromatic N) is 4. The average Bonchev–Trinajstić information content (AvgIpc) is 2.95. The van der Waals surface area contributed by atoms with Gasteiger partial charge in [0.25, 0.3) is 0 Å². The fourth-order valence-corrected chi connectivity index (χ4v) is 3.60. The number of benzene rings is 1. The Bertz CT molecular complexity index is 569. The summed E-state index contributed by atoms with van der Waals surface area (Å²) < 4.78 is 4.30. The molecule has 0 spiro atoms. The molecule has 0 aliphatic carbocycles. The van der Waals surface area contributed by atoms with Gasteiger partial charge in [0, 0.05) is 43.8 Å². The van der Waals surface area contributed by atoms with Crippen molar-refractivity contribution in [1.29, 1.82) is 0 Å². The molecule has 4 nitrogen and oxygen atoms in total. The van der Waals surface area contributed by atoms with Gasteiger partial charge in [-0.15, -0.1) is 0 Å². The Morgan fingerprint density at radius 2 is 2.05 bits per heavy atom. The molecule has 5 heteroatoms. The first kappa shape index (κ1) is 14.5. The van der Waals surface area contributed by atoms with Gasteiger partial charge in [-0.2, -0.15) is 4.37 Å².